The number of halogens is 1. The van der Waals surface area contributed by atoms with Gasteiger partial charge < -0.3 is 0 Å². The first-order valence-corrected chi connectivity index (χ1v) is 9.55. The summed E-state index contributed by atoms with van der Waals surface area (Å²) in [7, 11) is 0. The zero-order valence-electron chi connectivity index (χ0n) is 18.4. The van der Waals surface area contributed by atoms with Crippen LogP contribution in [0.15, 0.2) is 108 Å². The van der Waals surface area contributed by atoms with Crippen molar-refractivity contribution in [2.75, 3.05) is 0 Å². The summed E-state index contributed by atoms with van der Waals surface area (Å²) in [6.45, 7) is 0. The number of hydrogen-bond acceptors (Lipinski definition) is 0. The van der Waals surface area contributed by atoms with Crippen molar-refractivity contribution in [1.29, 1.82) is 0 Å². The van der Waals surface area contributed by atoms with Gasteiger partial charge in [-0.3, -0.25) is 0 Å². The quantitative estimate of drug-likeness (QED) is 0.257. The molecule has 0 aliphatic heterocycles. The summed E-state index contributed by atoms with van der Waals surface area (Å²) in [5.41, 5.74) is 2.24. The maximum atomic E-state index is 9.07. The molecule has 27 heavy (non-hydrogen) atoms. The highest BCUT2D eigenvalue weighted by Gasteiger charge is 2.13. The van der Waals surface area contributed by atoms with Crippen LogP contribution >= 0.6 is 15.9 Å². The van der Waals surface area contributed by atoms with Gasteiger partial charge in [-0.15, -0.1) is 0 Å². The molecule has 0 saturated heterocycles. The lowest BCUT2D eigenvalue weighted by atomic mass is 9.90. The standard InChI is InChI=1S/C26H17Br/c27-26-23-15-6-4-13-21(23)25(22-14-5-7-16-24(22)26)20-12-8-11-19(17-20)18-9-2-1-3-10-18/h1-17H/i8D,11D,12D,17D. The van der Waals surface area contributed by atoms with E-state index in [2.05, 4.69) is 15.9 Å². The van der Waals surface area contributed by atoms with Gasteiger partial charge in [0.05, 0.1) is 5.48 Å². The highest BCUT2D eigenvalue weighted by atomic mass is 79.9. The fourth-order valence-electron chi connectivity index (χ4n) is 3.56. The Morgan fingerprint density at radius 2 is 1.07 bits per heavy atom. The van der Waals surface area contributed by atoms with Crippen LogP contribution in [0.2, 0.25) is 0 Å². The van der Waals surface area contributed by atoms with Crippen molar-refractivity contribution in [2.24, 2.45) is 0 Å². The molecule has 0 unspecified atom stereocenters. The van der Waals surface area contributed by atoms with Crippen LogP contribution in [0.4, 0.5) is 0 Å². The fraction of sp³-hybridized carbons (Fsp3) is 0. The fourth-order valence-corrected chi connectivity index (χ4v) is 4.25. The molecule has 0 radical (unpaired) electrons. The normalized spacial score (nSPS) is 13.2. The van der Waals surface area contributed by atoms with E-state index in [0.29, 0.717) is 16.7 Å². The Bertz CT molecular complexity index is 1420. The molecule has 0 amide bonds. The molecule has 0 atom stereocenters. The summed E-state index contributed by atoms with van der Waals surface area (Å²) in [6.07, 6.45) is 0. The van der Waals surface area contributed by atoms with E-state index in [0.717, 1.165) is 31.6 Å². The predicted octanol–water partition coefficient (Wildman–Crippen LogP) is 8.09. The van der Waals surface area contributed by atoms with Gasteiger partial charge >= 0.3 is 0 Å². The summed E-state index contributed by atoms with van der Waals surface area (Å²) in [5.74, 6) is 0. The maximum Gasteiger partial charge on any atom is 0.0636 e. The van der Waals surface area contributed by atoms with Gasteiger partial charge in [-0.25, -0.2) is 0 Å². The Morgan fingerprint density at radius 3 is 1.70 bits per heavy atom. The van der Waals surface area contributed by atoms with Gasteiger partial charge in [0, 0.05) is 4.47 Å². The van der Waals surface area contributed by atoms with Crippen LogP contribution in [-0.4, -0.2) is 0 Å². The first-order chi connectivity index (χ1) is 15.0. The molecule has 0 N–H and O–H groups in total. The number of hydrogen-bond donors (Lipinski definition) is 0. The summed E-state index contributed by atoms with van der Waals surface area (Å²) >= 11 is 3.74. The SMILES string of the molecule is [2H]c1c([2H])c(-c2ccccc2)c([2H])c(-c2c3ccccc3c(Br)c3ccccc23)c1[2H]. The van der Waals surface area contributed by atoms with Crippen LogP contribution in [0.25, 0.3) is 43.8 Å². The average molecular weight is 413 g/mol. The minimum atomic E-state index is -0.166. The molecule has 5 aromatic carbocycles. The first kappa shape index (κ1) is 12.5. The highest BCUT2D eigenvalue weighted by molar-refractivity contribution is 9.10. The van der Waals surface area contributed by atoms with E-state index < -0.39 is 0 Å². The second kappa shape index (κ2) is 6.68. The van der Waals surface area contributed by atoms with Crippen LogP contribution in [0.3, 0.4) is 0 Å². The summed E-state index contributed by atoms with van der Waals surface area (Å²) in [6, 6.07) is 24.9. The maximum absolute atomic E-state index is 9.07. The Hall–Kier alpha value is -2.90. The van der Waals surface area contributed by atoms with E-state index in [1.807, 2.05) is 78.9 Å². The first-order valence-electron chi connectivity index (χ1n) is 10.8. The van der Waals surface area contributed by atoms with Gasteiger partial charge in [0.1, 0.15) is 0 Å². The molecule has 0 fully saturated rings. The summed E-state index contributed by atoms with van der Waals surface area (Å²) in [5, 5.41) is 3.79. The third-order valence-corrected chi connectivity index (χ3v) is 5.66. The smallest absolute Gasteiger partial charge is 0.0622 e. The Labute approximate surface area is 172 Å². The van der Waals surface area contributed by atoms with E-state index in [1.54, 1.807) is 0 Å². The Kier molecular flexibility index (Phi) is 3.09. The molecular formula is C26H17Br. The minimum absolute atomic E-state index is 0.0873. The lowest BCUT2D eigenvalue weighted by molar-refractivity contribution is 1.61. The van der Waals surface area contributed by atoms with Crippen molar-refractivity contribution in [3.63, 3.8) is 0 Å². The molecular weight excluding hydrogens is 392 g/mol. The van der Waals surface area contributed by atoms with Crippen molar-refractivity contribution < 1.29 is 5.48 Å². The van der Waals surface area contributed by atoms with Crippen LogP contribution in [0, 0.1) is 0 Å². The lowest BCUT2D eigenvalue weighted by Crippen LogP contribution is -1.88. The number of fused-ring (bicyclic) bond motifs is 2. The highest BCUT2D eigenvalue weighted by Crippen LogP contribution is 2.42. The molecule has 0 heterocycles. The van der Waals surface area contributed by atoms with Crippen LogP contribution in [0.5, 0.6) is 0 Å². The van der Waals surface area contributed by atoms with Crippen molar-refractivity contribution in [3.05, 3.63) is 108 Å². The second-order valence-electron chi connectivity index (χ2n) is 6.40. The molecule has 5 aromatic rings. The predicted molar refractivity (Wildman–Crippen MR) is 120 cm³/mol. The van der Waals surface area contributed by atoms with Crippen molar-refractivity contribution in [3.8, 4) is 22.3 Å². The van der Waals surface area contributed by atoms with Crippen LogP contribution in [-0.2, 0) is 0 Å². The zero-order chi connectivity index (χ0) is 21.7. The van der Waals surface area contributed by atoms with Gasteiger partial charge in [-0.1, -0.05) is 97.0 Å². The van der Waals surface area contributed by atoms with E-state index in [1.165, 1.54) is 0 Å². The average Bonchev–Trinajstić information content (AvgIpc) is 2.80. The Morgan fingerprint density at radius 1 is 0.556 bits per heavy atom. The van der Waals surface area contributed by atoms with Crippen molar-refractivity contribution in [1.82, 2.24) is 0 Å². The minimum Gasteiger partial charge on any atom is -0.0622 e. The molecule has 128 valence electrons. The van der Waals surface area contributed by atoms with Crippen LogP contribution in [0.1, 0.15) is 5.48 Å². The molecule has 0 bridgehead atoms. The van der Waals surface area contributed by atoms with Gasteiger partial charge in [-0.2, -0.15) is 0 Å². The molecule has 0 aliphatic carbocycles. The molecule has 5 rings (SSSR count). The van der Waals surface area contributed by atoms with E-state index >= 15 is 0 Å². The molecule has 1 heteroatoms. The Balaban J connectivity index is 2.01. The third kappa shape index (κ3) is 2.75. The van der Waals surface area contributed by atoms with Gasteiger partial charge in [0.15, 0.2) is 0 Å². The topological polar surface area (TPSA) is 0 Å². The van der Waals surface area contributed by atoms with Gasteiger partial charge in [-0.05, 0) is 65.8 Å². The summed E-state index contributed by atoms with van der Waals surface area (Å²) < 4.78 is 35.8. The van der Waals surface area contributed by atoms with Crippen molar-refractivity contribution >= 4 is 37.5 Å². The largest absolute Gasteiger partial charge is 0.0636 e. The number of benzene rings is 5. The summed E-state index contributed by atoms with van der Waals surface area (Å²) in [4.78, 5) is 0. The zero-order valence-corrected chi connectivity index (χ0v) is 16.0. The van der Waals surface area contributed by atoms with Gasteiger partial charge in [0.25, 0.3) is 0 Å². The van der Waals surface area contributed by atoms with E-state index in [4.69, 9.17) is 5.48 Å². The molecule has 0 aliphatic rings. The van der Waals surface area contributed by atoms with Crippen molar-refractivity contribution in [2.45, 2.75) is 0 Å². The molecule has 0 spiro atoms. The molecule has 0 aromatic heterocycles. The molecule has 0 nitrogen and oxygen atoms in total. The molecule has 0 saturated carbocycles. The second-order valence-corrected chi connectivity index (χ2v) is 7.19. The monoisotopic (exact) mass is 412 g/mol. The lowest BCUT2D eigenvalue weighted by Gasteiger charge is -2.15. The van der Waals surface area contributed by atoms with Crippen LogP contribution < -0.4 is 0 Å². The third-order valence-electron chi connectivity index (χ3n) is 4.80. The van der Waals surface area contributed by atoms with Gasteiger partial charge in [0.2, 0.25) is 0 Å². The van der Waals surface area contributed by atoms with E-state index in [-0.39, 0.29) is 24.2 Å². The van der Waals surface area contributed by atoms with E-state index in [9.17, 15) is 0 Å². The number of rotatable bonds is 2.